The van der Waals surface area contributed by atoms with Gasteiger partial charge in [-0.05, 0) is 37.6 Å². The molecule has 1 aliphatic rings. The number of anilines is 1. The van der Waals surface area contributed by atoms with E-state index in [1.165, 1.54) is 5.56 Å². The molecule has 0 aromatic heterocycles. The molecular formula is C21H27N5. The van der Waals surface area contributed by atoms with Gasteiger partial charge in [-0.15, -0.1) is 0 Å². The quantitative estimate of drug-likeness (QED) is 0.725. The van der Waals surface area contributed by atoms with Crippen molar-refractivity contribution in [1.82, 2.24) is 10.2 Å². The van der Waals surface area contributed by atoms with Gasteiger partial charge in [0.15, 0.2) is 0 Å². The van der Waals surface area contributed by atoms with Crippen molar-refractivity contribution in [1.29, 1.82) is 0 Å². The van der Waals surface area contributed by atoms with Gasteiger partial charge in [-0.25, -0.2) is 4.99 Å². The molecule has 136 valence electrons. The number of rotatable bonds is 5. The van der Waals surface area contributed by atoms with E-state index in [0.717, 1.165) is 36.6 Å². The second kappa shape index (κ2) is 7.62. The largest absolute Gasteiger partial charge is 0.399 e. The third-order valence-corrected chi connectivity index (χ3v) is 4.60. The Labute approximate surface area is 155 Å². The summed E-state index contributed by atoms with van der Waals surface area (Å²) in [5.41, 5.74) is 16.5. The molecule has 1 unspecified atom stereocenters. The lowest BCUT2D eigenvalue weighted by Crippen LogP contribution is -2.53. The molecule has 0 fully saturated rings. The zero-order chi connectivity index (χ0) is 18.6. The average molecular weight is 349 g/mol. The topological polar surface area (TPSA) is 79.7 Å². The predicted octanol–water partition coefficient (Wildman–Crippen LogP) is 2.81. The first-order valence-corrected chi connectivity index (χ1v) is 9.06. The molecule has 1 atom stereocenters. The Kier molecular flexibility index (Phi) is 5.28. The maximum absolute atomic E-state index is 6.71. The van der Waals surface area contributed by atoms with E-state index in [1.807, 2.05) is 42.5 Å². The maximum Gasteiger partial charge on any atom is 0.211 e. The van der Waals surface area contributed by atoms with Crippen LogP contribution in [0, 0.1) is 0 Å². The van der Waals surface area contributed by atoms with Crippen LogP contribution in [0.15, 0.2) is 71.4 Å². The third kappa shape index (κ3) is 3.89. The predicted molar refractivity (Wildman–Crippen MR) is 108 cm³/mol. The van der Waals surface area contributed by atoms with Crippen LogP contribution in [-0.4, -0.2) is 23.8 Å². The summed E-state index contributed by atoms with van der Waals surface area (Å²) in [7, 11) is 0. The van der Waals surface area contributed by atoms with Crippen LogP contribution >= 0.6 is 0 Å². The molecule has 5 heteroatoms. The normalized spacial score (nSPS) is 19.3. The zero-order valence-electron chi connectivity index (χ0n) is 15.4. The molecule has 1 aliphatic heterocycles. The van der Waals surface area contributed by atoms with Crippen LogP contribution < -0.4 is 16.8 Å². The Balaban J connectivity index is 1.99. The van der Waals surface area contributed by atoms with Gasteiger partial charge < -0.3 is 16.0 Å². The summed E-state index contributed by atoms with van der Waals surface area (Å²) in [5.74, 6) is -0.142. The summed E-state index contributed by atoms with van der Waals surface area (Å²) < 4.78 is 0. The first-order chi connectivity index (χ1) is 12.5. The van der Waals surface area contributed by atoms with Crippen LogP contribution in [0.5, 0.6) is 0 Å². The van der Waals surface area contributed by atoms with Crippen molar-refractivity contribution in [3.63, 3.8) is 0 Å². The van der Waals surface area contributed by atoms with Gasteiger partial charge in [-0.2, -0.15) is 0 Å². The highest BCUT2D eigenvalue weighted by atomic mass is 15.3. The van der Waals surface area contributed by atoms with Crippen LogP contribution in [0.2, 0.25) is 0 Å². The van der Waals surface area contributed by atoms with Gasteiger partial charge in [0.05, 0.1) is 0 Å². The minimum Gasteiger partial charge on any atom is -0.399 e. The molecule has 0 spiro atoms. The Morgan fingerprint density at radius 3 is 2.42 bits per heavy atom. The summed E-state index contributed by atoms with van der Waals surface area (Å²) in [6.45, 7) is 5.99. The average Bonchev–Trinajstić information content (AvgIpc) is 2.63. The van der Waals surface area contributed by atoms with Gasteiger partial charge in [-0.3, -0.25) is 5.73 Å². The number of nitrogens with one attached hydrogen (secondary N) is 1. The number of likely N-dealkylation sites (N-methyl/N-ethyl adjacent to an activating group) is 1. The van der Waals surface area contributed by atoms with Crippen LogP contribution in [0.4, 0.5) is 5.69 Å². The van der Waals surface area contributed by atoms with Gasteiger partial charge in [0.2, 0.25) is 5.79 Å². The smallest absolute Gasteiger partial charge is 0.211 e. The summed E-state index contributed by atoms with van der Waals surface area (Å²) >= 11 is 0. The monoisotopic (exact) mass is 349 g/mol. The number of hydrogen-bond acceptors (Lipinski definition) is 5. The molecular weight excluding hydrogens is 322 g/mol. The molecule has 5 nitrogen and oxygen atoms in total. The summed E-state index contributed by atoms with van der Waals surface area (Å²) in [4.78, 5) is 7.04. The molecule has 0 bridgehead atoms. The van der Waals surface area contributed by atoms with Crippen molar-refractivity contribution in [2.24, 2.45) is 10.7 Å². The fourth-order valence-corrected chi connectivity index (χ4v) is 3.21. The summed E-state index contributed by atoms with van der Waals surface area (Å²) in [5, 5.41) is 3.42. The van der Waals surface area contributed by atoms with Gasteiger partial charge >= 0.3 is 0 Å². The number of nitrogens with zero attached hydrogens (tertiary/aromatic N) is 2. The minimum absolute atomic E-state index is 0.674. The van der Waals surface area contributed by atoms with Crippen molar-refractivity contribution in [2.45, 2.75) is 26.1 Å². The molecule has 5 N–H and O–H groups in total. The van der Waals surface area contributed by atoms with Crippen molar-refractivity contribution < 1.29 is 0 Å². The fraction of sp³-hybridized carbons (Fsp3) is 0.286. The van der Waals surface area contributed by atoms with Gasteiger partial charge in [0.1, 0.15) is 5.84 Å². The Morgan fingerprint density at radius 1 is 1.04 bits per heavy atom. The number of hydrogen-bond donors (Lipinski definition) is 3. The van der Waals surface area contributed by atoms with Gasteiger partial charge in [0.25, 0.3) is 0 Å². The second-order valence-electron chi connectivity index (χ2n) is 6.49. The Bertz CT molecular complexity index is 808. The van der Waals surface area contributed by atoms with Gasteiger partial charge in [0, 0.05) is 36.5 Å². The standard InChI is InChI=1S/C21H27N5/c1-3-26(4-2)20-15-19(13-16-9-6-5-7-10-16)24-21(23,25-20)17-11-8-12-18(22)14-17/h5-12,14-15,24H,3-4,13,22-23H2,1-2H3. The molecule has 26 heavy (non-hydrogen) atoms. The van der Waals surface area contributed by atoms with E-state index in [1.54, 1.807) is 0 Å². The van der Waals surface area contributed by atoms with E-state index in [9.17, 15) is 0 Å². The molecule has 0 saturated heterocycles. The number of amidine groups is 1. The van der Waals surface area contributed by atoms with Crippen LogP contribution in [0.25, 0.3) is 0 Å². The molecule has 0 saturated carbocycles. The molecule has 2 aromatic carbocycles. The van der Waals surface area contributed by atoms with Crippen molar-refractivity contribution in [3.8, 4) is 0 Å². The first kappa shape index (κ1) is 18.0. The third-order valence-electron chi connectivity index (χ3n) is 4.60. The Morgan fingerprint density at radius 2 is 1.77 bits per heavy atom. The zero-order valence-corrected chi connectivity index (χ0v) is 15.4. The van der Waals surface area contributed by atoms with Crippen molar-refractivity contribution >= 4 is 11.5 Å². The van der Waals surface area contributed by atoms with E-state index >= 15 is 0 Å². The number of nitrogens with two attached hydrogens (primary N) is 2. The van der Waals surface area contributed by atoms with E-state index < -0.39 is 5.79 Å². The number of allylic oxidation sites excluding steroid dienone is 1. The molecule has 2 aromatic rings. The lowest BCUT2D eigenvalue weighted by Gasteiger charge is -2.36. The van der Waals surface area contributed by atoms with E-state index in [4.69, 9.17) is 16.5 Å². The lowest BCUT2D eigenvalue weighted by molar-refractivity contribution is 0.370. The summed E-state index contributed by atoms with van der Waals surface area (Å²) in [6.07, 6.45) is 2.86. The van der Waals surface area contributed by atoms with Gasteiger partial charge in [-0.1, -0.05) is 42.5 Å². The highest BCUT2D eigenvalue weighted by Crippen LogP contribution is 2.25. The SMILES string of the molecule is CCN(CC)C1=NC(N)(c2cccc(N)c2)NC(Cc2ccccc2)=C1. The Hall–Kier alpha value is -2.79. The van der Waals surface area contributed by atoms with E-state index in [0.29, 0.717) is 5.69 Å². The molecule has 0 radical (unpaired) electrons. The number of nitrogen functional groups attached to an aromatic ring is 1. The molecule has 0 amide bonds. The first-order valence-electron chi connectivity index (χ1n) is 9.06. The van der Waals surface area contributed by atoms with Crippen LogP contribution in [0.3, 0.4) is 0 Å². The highest BCUT2D eigenvalue weighted by molar-refractivity contribution is 5.94. The second-order valence-corrected chi connectivity index (χ2v) is 6.49. The number of aliphatic imine (C=N–C) groups is 1. The molecule has 0 aliphatic carbocycles. The summed E-state index contributed by atoms with van der Waals surface area (Å²) in [6, 6.07) is 17.9. The van der Waals surface area contributed by atoms with Crippen LogP contribution in [0.1, 0.15) is 25.0 Å². The van der Waals surface area contributed by atoms with Crippen LogP contribution in [-0.2, 0) is 12.2 Å². The number of benzene rings is 2. The lowest BCUT2D eigenvalue weighted by atomic mass is 10.0. The van der Waals surface area contributed by atoms with E-state index in [2.05, 4.69) is 42.3 Å². The maximum atomic E-state index is 6.71. The molecule has 1 heterocycles. The highest BCUT2D eigenvalue weighted by Gasteiger charge is 2.32. The van der Waals surface area contributed by atoms with E-state index in [-0.39, 0.29) is 0 Å². The fourth-order valence-electron chi connectivity index (χ4n) is 3.21. The minimum atomic E-state index is -1.04. The molecule has 3 rings (SSSR count). The van der Waals surface area contributed by atoms with Crippen molar-refractivity contribution in [3.05, 3.63) is 77.5 Å². The van der Waals surface area contributed by atoms with Crippen molar-refractivity contribution in [2.75, 3.05) is 18.8 Å².